The van der Waals surface area contributed by atoms with Crippen molar-refractivity contribution in [3.8, 4) is 11.4 Å². The Balaban J connectivity index is 1.50. The Kier molecular flexibility index (Phi) is 5.61. The molecule has 0 saturated heterocycles. The van der Waals surface area contributed by atoms with Gasteiger partial charge < -0.3 is 0 Å². The number of thioether (sulfide) groups is 1. The lowest BCUT2D eigenvalue weighted by atomic mass is 10.1. The summed E-state index contributed by atoms with van der Waals surface area (Å²) in [5.41, 5.74) is 3.29. The largest absolute Gasteiger partial charge is 0.416 e. The monoisotopic (exact) mass is 415 g/mol. The van der Waals surface area contributed by atoms with Gasteiger partial charge in [0.15, 0.2) is 5.82 Å². The van der Waals surface area contributed by atoms with Gasteiger partial charge in [0, 0.05) is 48.3 Å². The molecule has 2 heterocycles. The molecule has 0 atom stereocenters. The zero-order valence-electron chi connectivity index (χ0n) is 15.9. The first-order valence-corrected chi connectivity index (χ1v) is 10.5. The van der Waals surface area contributed by atoms with Crippen LogP contribution in [0, 0.1) is 0 Å². The molecule has 0 unspecified atom stereocenters. The Hall–Kier alpha value is -2.38. The highest BCUT2D eigenvalue weighted by molar-refractivity contribution is 7.98. The van der Waals surface area contributed by atoms with Crippen molar-refractivity contribution in [1.82, 2.24) is 14.9 Å². The summed E-state index contributed by atoms with van der Waals surface area (Å²) in [7, 11) is 0. The van der Waals surface area contributed by atoms with Crippen molar-refractivity contribution in [3.05, 3.63) is 77.1 Å². The minimum absolute atomic E-state index is 0.471. The van der Waals surface area contributed by atoms with Gasteiger partial charge in [-0.2, -0.15) is 13.2 Å². The van der Waals surface area contributed by atoms with Crippen LogP contribution in [0.25, 0.3) is 11.4 Å². The predicted molar refractivity (Wildman–Crippen MR) is 109 cm³/mol. The highest BCUT2D eigenvalue weighted by atomic mass is 32.2. The SMILES string of the molecule is CSc1ccccc1CN1CCc2nc(-c3ccc(C(F)(F)F)cc3)ncc2C1. The van der Waals surface area contributed by atoms with Crippen molar-refractivity contribution in [2.45, 2.75) is 30.6 Å². The summed E-state index contributed by atoms with van der Waals surface area (Å²) in [6.45, 7) is 2.53. The number of aromatic nitrogens is 2. The van der Waals surface area contributed by atoms with E-state index in [4.69, 9.17) is 0 Å². The molecule has 3 nitrogen and oxygen atoms in total. The van der Waals surface area contributed by atoms with E-state index in [2.05, 4.69) is 45.4 Å². The third-order valence-corrected chi connectivity index (χ3v) is 5.91. The van der Waals surface area contributed by atoms with Crippen LogP contribution in [0.15, 0.2) is 59.6 Å². The van der Waals surface area contributed by atoms with Gasteiger partial charge in [0.1, 0.15) is 0 Å². The van der Waals surface area contributed by atoms with Crippen LogP contribution < -0.4 is 0 Å². The Bertz CT molecular complexity index is 1000. The molecule has 29 heavy (non-hydrogen) atoms. The number of benzene rings is 2. The van der Waals surface area contributed by atoms with Crippen molar-refractivity contribution in [2.75, 3.05) is 12.8 Å². The van der Waals surface area contributed by atoms with Crippen LogP contribution in [0.3, 0.4) is 0 Å². The minimum atomic E-state index is -4.34. The van der Waals surface area contributed by atoms with Gasteiger partial charge in [0.25, 0.3) is 0 Å². The van der Waals surface area contributed by atoms with Gasteiger partial charge in [0.2, 0.25) is 0 Å². The molecule has 0 bridgehead atoms. The second kappa shape index (κ2) is 8.16. The molecule has 0 fully saturated rings. The maximum Gasteiger partial charge on any atom is 0.416 e. The van der Waals surface area contributed by atoms with E-state index in [1.165, 1.54) is 22.6 Å². The highest BCUT2D eigenvalue weighted by Crippen LogP contribution is 2.31. The molecule has 0 aliphatic carbocycles. The van der Waals surface area contributed by atoms with E-state index in [-0.39, 0.29) is 0 Å². The molecule has 4 rings (SSSR count). The average molecular weight is 415 g/mol. The molecule has 0 N–H and O–H groups in total. The molecule has 0 spiro atoms. The first kappa shape index (κ1) is 19.9. The number of fused-ring (bicyclic) bond motifs is 1. The van der Waals surface area contributed by atoms with E-state index in [0.29, 0.717) is 11.4 Å². The summed E-state index contributed by atoms with van der Waals surface area (Å²) in [5.74, 6) is 0.471. The van der Waals surface area contributed by atoms with Gasteiger partial charge in [-0.15, -0.1) is 11.8 Å². The molecule has 1 aromatic heterocycles. The second-order valence-corrected chi connectivity index (χ2v) is 7.86. The van der Waals surface area contributed by atoms with E-state index >= 15 is 0 Å². The van der Waals surface area contributed by atoms with Gasteiger partial charge in [-0.3, -0.25) is 4.90 Å². The van der Waals surface area contributed by atoms with Crippen LogP contribution in [-0.4, -0.2) is 27.7 Å². The van der Waals surface area contributed by atoms with Gasteiger partial charge >= 0.3 is 6.18 Å². The first-order chi connectivity index (χ1) is 13.9. The van der Waals surface area contributed by atoms with Crippen LogP contribution in [0.4, 0.5) is 13.2 Å². The van der Waals surface area contributed by atoms with Crippen LogP contribution in [0.2, 0.25) is 0 Å². The number of rotatable bonds is 4. The zero-order chi connectivity index (χ0) is 20.4. The van der Waals surface area contributed by atoms with E-state index in [9.17, 15) is 13.2 Å². The average Bonchev–Trinajstić information content (AvgIpc) is 2.73. The van der Waals surface area contributed by atoms with Gasteiger partial charge in [-0.05, 0) is 30.0 Å². The maximum atomic E-state index is 12.8. The number of alkyl halides is 3. The van der Waals surface area contributed by atoms with Crippen molar-refractivity contribution in [2.24, 2.45) is 0 Å². The topological polar surface area (TPSA) is 29.0 Å². The minimum Gasteiger partial charge on any atom is -0.294 e. The summed E-state index contributed by atoms with van der Waals surface area (Å²) in [6.07, 6.45) is 0.351. The van der Waals surface area contributed by atoms with Gasteiger partial charge in [-0.1, -0.05) is 30.3 Å². The second-order valence-electron chi connectivity index (χ2n) is 7.01. The van der Waals surface area contributed by atoms with Crippen LogP contribution in [-0.2, 0) is 25.7 Å². The Labute approximate surface area is 172 Å². The predicted octanol–water partition coefficient (Wildman–Crippen LogP) is 5.44. The zero-order valence-corrected chi connectivity index (χ0v) is 16.7. The summed E-state index contributed by atoms with van der Waals surface area (Å²) in [6, 6.07) is 13.4. The molecule has 3 aromatic rings. The molecule has 0 amide bonds. The Morgan fingerprint density at radius 1 is 1.07 bits per heavy atom. The van der Waals surface area contributed by atoms with E-state index < -0.39 is 11.7 Å². The van der Waals surface area contributed by atoms with Gasteiger partial charge in [0.05, 0.1) is 11.3 Å². The fourth-order valence-corrected chi connectivity index (χ4v) is 4.14. The highest BCUT2D eigenvalue weighted by Gasteiger charge is 2.30. The smallest absolute Gasteiger partial charge is 0.294 e. The fourth-order valence-electron chi connectivity index (χ4n) is 3.53. The van der Waals surface area contributed by atoms with E-state index in [1.54, 1.807) is 11.8 Å². The summed E-state index contributed by atoms with van der Waals surface area (Å²) >= 11 is 1.75. The van der Waals surface area contributed by atoms with Crippen molar-refractivity contribution < 1.29 is 13.2 Å². The lowest BCUT2D eigenvalue weighted by molar-refractivity contribution is -0.137. The number of hydrogen-bond acceptors (Lipinski definition) is 4. The quantitative estimate of drug-likeness (QED) is 0.531. The molecule has 1 aliphatic rings. The van der Waals surface area contributed by atoms with Crippen molar-refractivity contribution >= 4 is 11.8 Å². The standard InChI is InChI=1S/C22H20F3N3S/c1-29-20-5-3-2-4-16(20)13-28-11-10-19-17(14-28)12-26-21(27-19)15-6-8-18(9-7-15)22(23,24)25/h2-9,12H,10-11,13-14H2,1H3. The Morgan fingerprint density at radius 3 is 2.55 bits per heavy atom. The van der Waals surface area contributed by atoms with Crippen molar-refractivity contribution in [1.29, 1.82) is 0 Å². The lowest BCUT2D eigenvalue weighted by Crippen LogP contribution is -2.31. The van der Waals surface area contributed by atoms with E-state index in [0.717, 1.165) is 49.4 Å². The molecule has 2 aromatic carbocycles. The molecular weight excluding hydrogens is 395 g/mol. The number of halogens is 3. The fraction of sp³-hybridized carbons (Fsp3) is 0.273. The van der Waals surface area contributed by atoms with Crippen molar-refractivity contribution in [3.63, 3.8) is 0 Å². The van der Waals surface area contributed by atoms with E-state index in [1.807, 2.05) is 6.20 Å². The molecule has 0 saturated carbocycles. The molecule has 7 heteroatoms. The van der Waals surface area contributed by atoms with Gasteiger partial charge in [-0.25, -0.2) is 9.97 Å². The summed E-state index contributed by atoms with van der Waals surface area (Å²) in [4.78, 5) is 12.7. The lowest BCUT2D eigenvalue weighted by Gasteiger charge is -2.28. The van der Waals surface area contributed by atoms with Crippen LogP contribution in [0.5, 0.6) is 0 Å². The molecule has 1 aliphatic heterocycles. The molecule has 150 valence electrons. The summed E-state index contributed by atoms with van der Waals surface area (Å²) in [5, 5.41) is 0. The first-order valence-electron chi connectivity index (χ1n) is 9.31. The Morgan fingerprint density at radius 2 is 1.83 bits per heavy atom. The maximum absolute atomic E-state index is 12.8. The number of nitrogens with zero attached hydrogens (tertiary/aromatic N) is 3. The molecule has 0 radical (unpaired) electrons. The third-order valence-electron chi connectivity index (χ3n) is 5.07. The molecular formula is C22H20F3N3S. The third kappa shape index (κ3) is 4.46. The van der Waals surface area contributed by atoms with Crippen LogP contribution in [0.1, 0.15) is 22.4 Å². The number of hydrogen-bond donors (Lipinski definition) is 0. The summed E-state index contributed by atoms with van der Waals surface area (Å²) < 4.78 is 38.3. The normalized spacial score (nSPS) is 14.6. The van der Waals surface area contributed by atoms with Crippen LogP contribution >= 0.6 is 11.8 Å².